The van der Waals surface area contributed by atoms with Crippen LogP contribution in [0.3, 0.4) is 0 Å². The zero-order valence-corrected chi connectivity index (χ0v) is 11.5. The number of carbonyl (C=O) groups is 1. The second-order valence-electron chi connectivity index (χ2n) is 5.22. The number of nitrogens with one attached hydrogen (secondary N) is 2. The lowest BCUT2D eigenvalue weighted by Gasteiger charge is -2.07. The molecule has 1 aliphatic carbocycles. The summed E-state index contributed by atoms with van der Waals surface area (Å²) in [5.74, 6) is 0.374. The number of anilines is 2. The van der Waals surface area contributed by atoms with Crippen molar-refractivity contribution in [2.75, 3.05) is 10.6 Å². The van der Waals surface area contributed by atoms with Crippen molar-refractivity contribution in [1.82, 2.24) is 9.78 Å². The van der Waals surface area contributed by atoms with E-state index in [4.69, 9.17) is 0 Å². The van der Waals surface area contributed by atoms with Gasteiger partial charge in [0.05, 0.1) is 6.20 Å². The molecule has 5 nitrogen and oxygen atoms in total. The van der Waals surface area contributed by atoms with Crippen LogP contribution in [0, 0.1) is 5.92 Å². The molecule has 1 aromatic heterocycles. The Morgan fingerprint density at radius 2 is 2.00 bits per heavy atom. The second-order valence-corrected chi connectivity index (χ2v) is 5.22. The van der Waals surface area contributed by atoms with Crippen molar-refractivity contribution in [3.8, 4) is 0 Å². The number of rotatable bonds is 5. The molecule has 1 fully saturated rings. The van der Waals surface area contributed by atoms with Crippen molar-refractivity contribution >= 4 is 17.3 Å². The number of carbonyl (C=O) groups excluding carboxylic acids is 1. The number of hydrogen-bond acceptors (Lipinski definition) is 3. The van der Waals surface area contributed by atoms with Gasteiger partial charge in [0, 0.05) is 42.6 Å². The number of aromatic nitrogens is 2. The van der Waals surface area contributed by atoms with Crippen LogP contribution in [0.2, 0.25) is 0 Å². The Hall–Kier alpha value is -2.30. The molecule has 1 aliphatic rings. The van der Waals surface area contributed by atoms with Crippen LogP contribution >= 0.6 is 0 Å². The third kappa shape index (κ3) is 3.17. The maximum absolute atomic E-state index is 11.6. The van der Waals surface area contributed by atoms with Gasteiger partial charge in [0.1, 0.15) is 0 Å². The van der Waals surface area contributed by atoms with E-state index in [9.17, 15) is 4.79 Å². The van der Waals surface area contributed by atoms with Gasteiger partial charge in [-0.2, -0.15) is 5.10 Å². The molecule has 1 saturated carbocycles. The summed E-state index contributed by atoms with van der Waals surface area (Å²) in [5.41, 5.74) is 3.02. The molecule has 2 N–H and O–H groups in total. The van der Waals surface area contributed by atoms with E-state index in [1.54, 1.807) is 4.68 Å². The molecule has 20 heavy (non-hydrogen) atoms. The molecule has 0 unspecified atom stereocenters. The maximum Gasteiger partial charge on any atom is 0.227 e. The molecule has 0 radical (unpaired) electrons. The third-order valence-corrected chi connectivity index (χ3v) is 3.36. The molecule has 1 heterocycles. The van der Waals surface area contributed by atoms with E-state index >= 15 is 0 Å². The van der Waals surface area contributed by atoms with Gasteiger partial charge in [-0.05, 0) is 37.1 Å². The fourth-order valence-electron chi connectivity index (χ4n) is 2.03. The lowest BCUT2D eigenvalue weighted by molar-refractivity contribution is -0.117. The first-order chi connectivity index (χ1) is 9.70. The number of hydrogen-bond donors (Lipinski definition) is 2. The predicted molar refractivity (Wildman–Crippen MR) is 78.3 cm³/mol. The normalized spacial score (nSPS) is 14.1. The SMILES string of the molecule is Cn1cc(CNc2ccc(NC(=O)C3CC3)cc2)cn1. The minimum Gasteiger partial charge on any atom is -0.381 e. The van der Waals surface area contributed by atoms with Gasteiger partial charge in [-0.15, -0.1) is 0 Å². The van der Waals surface area contributed by atoms with Crippen LogP contribution in [0.25, 0.3) is 0 Å². The van der Waals surface area contributed by atoms with E-state index < -0.39 is 0 Å². The van der Waals surface area contributed by atoms with Crippen LogP contribution in [0.1, 0.15) is 18.4 Å². The zero-order chi connectivity index (χ0) is 13.9. The van der Waals surface area contributed by atoms with Crippen molar-refractivity contribution in [2.45, 2.75) is 19.4 Å². The van der Waals surface area contributed by atoms with Gasteiger partial charge in [-0.1, -0.05) is 0 Å². The Bertz CT molecular complexity index is 599. The first-order valence-corrected chi connectivity index (χ1v) is 6.83. The predicted octanol–water partition coefficient (Wildman–Crippen LogP) is 2.38. The molecule has 104 valence electrons. The molecule has 1 amide bonds. The van der Waals surface area contributed by atoms with E-state index in [1.807, 2.05) is 43.7 Å². The number of nitrogens with zero attached hydrogens (tertiary/aromatic N) is 2. The van der Waals surface area contributed by atoms with E-state index in [-0.39, 0.29) is 11.8 Å². The molecule has 0 atom stereocenters. The van der Waals surface area contributed by atoms with Gasteiger partial charge in [0.25, 0.3) is 0 Å². The molecule has 0 aliphatic heterocycles. The highest BCUT2D eigenvalue weighted by Crippen LogP contribution is 2.30. The fraction of sp³-hybridized carbons (Fsp3) is 0.333. The van der Waals surface area contributed by atoms with Crippen molar-refractivity contribution in [3.05, 3.63) is 42.2 Å². The van der Waals surface area contributed by atoms with Crippen LogP contribution in [-0.4, -0.2) is 15.7 Å². The largest absolute Gasteiger partial charge is 0.381 e. The molecular formula is C15H18N4O. The van der Waals surface area contributed by atoms with Gasteiger partial charge in [-0.3, -0.25) is 9.48 Å². The third-order valence-electron chi connectivity index (χ3n) is 3.36. The minimum atomic E-state index is 0.140. The van der Waals surface area contributed by atoms with Crippen molar-refractivity contribution in [3.63, 3.8) is 0 Å². The Morgan fingerprint density at radius 1 is 1.30 bits per heavy atom. The molecule has 2 aromatic rings. The van der Waals surface area contributed by atoms with Crippen molar-refractivity contribution in [1.29, 1.82) is 0 Å². The minimum absolute atomic E-state index is 0.140. The quantitative estimate of drug-likeness (QED) is 0.877. The maximum atomic E-state index is 11.6. The van der Waals surface area contributed by atoms with Crippen LogP contribution in [0.4, 0.5) is 11.4 Å². The van der Waals surface area contributed by atoms with Crippen LogP contribution < -0.4 is 10.6 Å². The number of benzene rings is 1. The molecule has 3 rings (SSSR count). The highest BCUT2D eigenvalue weighted by atomic mass is 16.2. The number of amides is 1. The summed E-state index contributed by atoms with van der Waals surface area (Å²) < 4.78 is 1.79. The molecule has 0 saturated heterocycles. The average Bonchev–Trinajstić information content (AvgIpc) is 3.22. The summed E-state index contributed by atoms with van der Waals surface area (Å²) in [6.45, 7) is 0.738. The topological polar surface area (TPSA) is 59.0 Å². The summed E-state index contributed by atoms with van der Waals surface area (Å²) in [4.78, 5) is 11.6. The summed E-state index contributed by atoms with van der Waals surface area (Å²) in [6.07, 6.45) is 5.88. The summed E-state index contributed by atoms with van der Waals surface area (Å²) in [5, 5.41) is 10.4. The Morgan fingerprint density at radius 3 is 2.60 bits per heavy atom. The molecule has 5 heteroatoms. The van der Waals surface area contributed by atoms with Gasteiger partial charge >= 0.3 is 0 Å². The Kier molecular flexibility index (Phi) is 3.41. The van der Waals surface area contributed by atoms with Crippen LogP contribution in [-0.2, 0) is 18.4 Å². The first-order valence-electron chi connectivity index (χ1n) is 6.83. The highest BCUT2D eigenvalue weighted by Gasteiger charge is 2.29. The standard InChI is InChI=1S/C15H18N4O/c1-19-10-11(9-17-19)8-16-13-4-6-14(7-5-13)18-15(20)12-2-3-12/h4-7,9-10,12,16H,2-3,8H2,1H3,(H,18,20). The smallest absolute Gasteiger partial charge is 0.227 e. The molecule has 1 aromatic carbocycles. The monoisotopic (exact) mass is 270 g/mol. The first kappa shape index (κ1) is 12.7. The lowest BCUT2D eigenvalue weighted by atomic mass is 10.2. The van der Waals surface area contributed by atoms with E-state index in [2.05, 4.69) is 15.7 Å². The lowest BCUT2D eigenvalue weighted by Crippen LogP contribution is -2.13. The van der Waals surface area contributed by atoms with Gasteiger partial charge in [-0.25, -0.2) is 0 Å². The van der Waals surface area contributed by atoms with Crippen LogP contribution in [0.5, 0.6) is 0 Å². The number of aryl methyl sites for hydroxylation is 1. The molecule has 0 bridgehead atoms. The Balaban J connectivity index is 1.54. The molecule has 0 spiro atoms. The second kappa shape index (κ2) is 5.36. The Labute approximate surface area is 118 Å². The highest BCUT2D eigenvalue weighted by molar-refractivity contribution is 5.94. The molecular weight excluding hydrogens is 252 g/mol. The van der Waals surface area contributed by atoms with Gasteiger partial charge in [0.15, 0.2) is 0 Å². The van der Waals surface area contributed by atoms with E-state index in [1.165, 1.54) is 0 Å². The average molecular weight is 270 g/mol. The summed E-state index contributed by atoms with van der Waals surface area (Å²) in [6, 6.07) is 7.79. The van der Waals surface area contributed by atoms with Crippen molar-refractivity contribution < 1.29 is 4.79 Å². The van der Waals surface area contributed by atoms with Crippen molar-refractivity contribution in [2.24, 2.45) is 13.0 Å². The van der Waals surface area contributed by atoms with Gasteiger partial charge < -0.3 is 10.6 Å². The fourth-order valence-corrected chi connectivity index (χ4v) is 2.03. The van der Waals surface area contributed by atoms with E-state index in [0.29, 0.717) is 0 Å². The van der Waals surface area contributed by atoms with E-state index in [0.717, 1.165) is 36.3 Å². The summed E-state index contributed by atoms with van der Waals surface area (Å²) in [7, 11) is 1.90. The van der Waals surface area contributed by atoms with Crippen LogP contribution in [0.15, 0.2) is 36.7 Å². The zero-order valence-electron chi connectivity index (χ0n) is 11.5. The summed E-state index contributed by atoms with van der Waals surface area (Å²) >= 11 is 0. The van der Waals surface area contributed by atoms with Gasteiger partial charge in [0.2, 0.25) is 5.91 Å².